The first-order valence-corrected chi connectivity index (χ1v) is 8.45. The number of aliphatic hydroxyl groups is 1. The van der Waals surface area contributed by atoms with Gasteiger partial charge in [0.15, 0.2) is 5.82 Å². The number of nitrogens with zero attached hydrogens (tertiary/aromatic N) is 3. The van der Waals surface area contributed by atoms with E-state index in [0.29, 0.717) is 29.7 Å². The van der Waals surface area contributed by atoms with Crippen LogP contribution in [0.3, 0.4) is 0 Å². The van der Waals surface area contributed by atoms with Gasteiger partial charge in [-0.15, -0.1) is 0 Å². The van der Waals surface area contributed by atoms with E-state index in [4.69, 9.17) is 16.1 Å². The van der Waals surface area contributed by atoms with E-state index in [9.17, 15) is 9.90 Å². The average Bonchev–Trinajstić information content (AvgIpc) is 3.07. The number of amides is 1. The first-order chi connectivity index (χ1) is 11.5. The molecule has 0 radical (unpaired) electrons. The van der Waals surface area contributed by atoms with E-state index in [2.05, 4.69) is 10.1 Å². The van der Waals surface area contributed by atoms with Crippen molar-refractivity contribution >= 4 is 17.5 Å². The molecule has 1 aromatic heterocycles. The molecule has 2 aromatic rings. The molecule has 126 valence electrons. The minimum Gasteiger partial charge on any atom is -0.391 e. The van der Waals surface area contributed by atoms with Crippen LogP contribution in [0.15, 0.2) is 28.8 Å². The third kappa shape index (κ3) is 2.70. The molecule has 0 spiro atoms. The molecule has 2 aliphatic rings. The zero-order valence-corrected chi connectivity index (χ0v) is 14.0. The molecular formula is C17H18ClN3O3. The Balaban J connectivity index is 1.53. The highest BCUT2D eigenvalue weighted by Crippen LogP contribution is 2.51. The zero-order valence-electron chi connectivity index (χ0n) is 13.2. The second-order valence-electron chi connectivity index (χ2n) is 6.55. The molecule has 4 atom stereocenters. The van der Waals surface area contributed by atoms with Gasteiger partial charge in [-0.05, 0) is 30.9 Å². The first-order valence-electron chi connectivity index (χ1n) is 8.07. The van der Waals surface area contributed by atoms with Crippen LogP contribution in [0.25, 0.3) is 0 Å². The van der Waals surface area contributed by atoms with Crippen molar-refractivity contribution in [2.24, 2.45) is 5.92 Å². The van der Waals surface area contributed by atoms with Crippen LogP contribution >= 0.6 is 11.6 Å². The maximum Gasteiger partial charge on any atom is 0.249 e. The number of likely N-dealkylation sites (tertiary alicyclic amines) is 1. The fraction of sp³-hybridized carbons (Fsp3) is 0.471. The molecule has 1 saturated carbocycles. The lowest BCUT2D eigenvalue weighted by atomic mass is 10.1. The van der Waals surface area contributed by atoms with Crippen LogP contribution in [-0.4, -0.2) is 38.7 Å². The van der Waals surface area contributed by atoms with Gasteiger partial charge in [-0.2, -0.15) is 4.98 Å². The number of carbonyl (C=O) groups is 1. The summed E-state index contributed by atoms with van der Waals surface area (Å²) in [6.07, 6.45) is 0.644. The van der Waals surface area contributed by atoms with Gasteiger partial charge >= 0.3 is 0 Å². The normalized spacial score (nSPS) is 29.0. The van der Waals surface area contributed by atoms with E-state index in [1.54, 1.807) is 11.8 Å². The maximum absolute atomic E-state index is 12.9. The number of halogens is 1. The number of aliphatic hydroxyl groups excluding tert-OH is 1. The minimum absolute atomic E-state index is 0.0253. The van der Waals surface area contributed by atoms with Crippen molar-refractivity contribution in [3.63, 3.8) is 0 Å². The molecule has 6 nitrogen and oxygen atoms in total. The largest absolute Gasteiger partial charge is 0.391 e. The van der Waals surface area contributed by atoms with Gasteiger partial charge in [0, 0.05) is 23.9 Å². The molecule has 0 unspecified atom stereocenters. The minimum atomic E-state index is -0.566. The Morgan fingerprint density at radius 2 is 2.17 bits per heavy atom. The zero-order chi connectivity index (χ0) is 16.8. The van der Waals surface area contributed by atoms with Crippen LogP contribution in [0.5, 0.6) is 0 Å². The number of hydrogen-bond donors (Lipinski definition) is 1. The van der Waals surface area contributed by atoms with Gasteiger partial charge < -0.3 is 14.5 Å². The molecule has 1 N–H and O–H groups in total. The Morgan fingerprint density at radius 1 is 1.38 bits per heavy atom. The molecule has 1 amide bonds. The lowest BCUT2D eigenvalue weighted by Crippen LogP contribution is -2.33. The average molecular weight is 348 g/mol. The summed E-state index contributed by atoms with van der Waals surface area (Å²) in [5.41, 5.74) is 1.02. The monoisotopic (exact) mass is 347 g/mol. The summed E-state index contributed by atoms with van der Waals surface area (Å²) in [5, 5.41) is 14.5. The predicted molar refractivity (Wildman–Crippen MR) is 86.4 cm³/mol. The second kappa shape index (κ2) is 5.86. The second-order valence-corrected chi connectivity index (χ2v) is 6.95. The van der Waals surface area contributed by atoms with Gasteiger partial charge in [0.25, 0.3) is 0 Å². The molecule has 0 bridgehead atoms. The Bertz CT molecular complexity index is 778. The van der Waals surface area contributed by atoms with E-state index in [1.807, 2.05) is 24.3 Å². The van der Waals surface area contributed by atoms with Gasteiger partial charge in [0.2, 0.25) is 11.8 Å². The summed E-state index contributed by atoms with van der Waals surface area (Å²) < 4.78 is 5.22. The molecule has 24 heavy (non-hydrogen) atoms. The van der Waals surface area contributed by atoms with Gasteiger partial charge in [-0.25, -0.2) is 0 Å². The molecular weight excluding hydrogens is 330 g/mol. The van der Waals surface area contributed by atoms with Crippen molar-refractivity contribution in [2.45, 2.75) is 37.8 Å². The fourth-order valence-corrected chi connectivity index (χ4v) is 3.82. The van der Waals surface area contributed by atoms with Gasteiger partial charge in [0.05, 0.1) is 6.10 Å². The Labute approximate surface area is 144 Å². The lowest BCUT2D eigenvalue weighted by Gasteiger charge is -2.21. The third-order valence-electron chi connectivity index (χ3n) is 4.80. The van der Waals surface area contributed by atoms with Crippen molar-refractivity contribution in [3.8, 4) is 0 Å². The SMILES string of the molecule is Cc1noc([C@H]2C[C@H](O)CN2C(=O)[C@H]2C[C@@H]2c2ccccc2Cl)n1. The van der Waals surface area contributed by atoms with Crippen molar-refractivity contribution in [1.82, 2.24) is 15.0 Å². The molecule has 4 rings (SSSR count). The van der Waals surface area contributed by atoms with Crippen molar-refractivity contribution in [2.75, 3.05) is 6.54 Å². The highest BCUT2D eigenvalue weighted by atomic mass is 35.5. The third-order valence-corrected chi connectivity index (χ3v) is 5.15. The fourth-order valence-electron chi connectivity index (χ4n) is 3.54. The Hall–Kier alpha value is -1.92. The number of aryl methyl sites for hydroxylation is 1. The smallest absolute Gasteiger partial charge is 0.249 e. The highest BCUT2D eigenvalue weighted by Gasteiger charge is 2.50. The van der Waals surface area contributed by atoms with Crippen molar-refractivity contribution < 1.29 is 14.4 Å². The number of benzene rings is 1. The molecule has 1 saturated heterocycles. The standard InChI is InChI=1S/C17H18ClN3O3/c1-9-19-16(24-20-9)15-6-10(22)8-21(15)17(23)13-7-12(13)11-4-2-3-5-14(11)18/h2-5,10,12-13,15,22H,6-8H2,1H3/t10-,12+,13-,15+/m0/s1. The van der Waals surface area contributed by atoms with Crippen LogP contribution < -0.4 is 0 Å². The lowest BCUT2D eigenvalue weighted by molar-refractivity contribution is -0.134. The van der Waals surface area contributed by atoms with Gasteiger partial charge in [-0.3, -0.25) is 4.79 Å². The molecule has 1 aliphatic carbocycles. The summed E-state index contributed by atoms with van der Waals surface area (Å²) in [7, 11) is 0. The number of rotatable bonds is 3. The Kier molecular flexibility index (Phi) is 3.81. The quantitative estimate of drug-likeness (QED) is 0.922. The summed E-state index contributed by atoms with van der Waals surface area (Å²) in [4.78, 5) is 18.8. The van der Waals surface area contributed by atoms with Crippen LogP contribution in [-0.2, 0) is 4.79 Å². The number of β-amino-alcohol motifs (C(OH)–C–C–N with tert-alkyl or cyclic N) is 1. The highest BCUT2D eigenvalue weighted by molar-refractivity contribution is 6.31. The number of hydrogen-bond acceptors (Lipinski definition) is 5. The summed E-state index contributed by atoms with van der Waals surface area (Å²) in [5.74, 6) is 1.000. The Morgan fingerprint density at radius 3 is 2.88 bits per heavy atom. The summed E-state index contributed by atoms with van der Waals surface area (Å²) >= 11 is 6.24. The number of carbonyl (C=O) groups excluding carboxylic acids is 1. The van der Waals surface area contributed by atoms with Crippen molar-refractivity contribution in [3.05, 3.63) is 46.6 Å². The van der Waals surface area contributed by atoms with E-state index in [0.717, 1.165) is 12.0 Å². The summed E-state index contributed by atoms with van der Waals surface area (Å²) in [6, 6.07) is 7.29. The number of aromatic nitrogens is 2. The van der Waals surface area contributed by atoms with Crippen LogP contribution in [0.2, 0.25) is 5.02 Å². The predicted octanol–water partition coefficient (Wildman–Crippen LogP) is 2.47. The van der Waals surface area contributed by atoms with Crippen molar-refractivity contribution in [1.29, 1.82) is 0 Å². The molecule has 2 heterocycles. The molecule has 7 heteroatoms. The van der Waals surface area contributed by atoms with Crippen LogP contribution in [0.4, 0.5) is 0 Å². The van der Waals surface area contributed by atoms with E-state index >= 15 is 0 Å². The van der Waals surface area contributed by atoms with Gasteiger partial charge in [-0.1, -0.05) is 35.0 Å². The topological polar surface area (TPSA) is 79.5 Å². The molecule has 1 aromatic carbocycles. The van der Waals surface area contributed by atoms with E-state index in [-0.39, 0.29) is 23.8 Å². The van der Waals surface area contributed by atoms with E-state index < -0.39 is 6.10 Å². The van der Waals surface area contributed by atoms with Crippen LogP contribution in [0, 0.1) is 12.8 Å². The molecule has 2 fully saturated rings. The first kappa shape index (κ1) is 15.6. The molecule has 1 aliphatic heterocycles. The summed E-state index contributed by atoms with van der Waals surface area (Å²) in [6.45, 7) is 2.04. The van der Waals surface area contributed by atoms with E-state index in [1.165, 1.54) is 0 Å². The van der Waals surface area contributed by atoms with Crippen LogP contribution in [0.1, 0.15) is 42.1 Å². The van der Waals surface area contributed by atoms with Gasteiger partial charge in [0.1, 0.15) is 6.04 Å². The maximum atomic E-state index is 12.9.